The monoisotopic (exact) mass is 531 g/mol. The van der Waals surface area contributed by atoms with Crippen LogP contribution in [-0.2, 0) is 22.5 Å². The van der Waals surface area contributed by atoms with Crippen molar-refractivity contribution in [1.29, 1.82) is 0 Å². The molecule has 0 spiro atoms. The highest BCUT2D eigenvalue weighted by Gasteiger charge is 2.29. The van der Waals surface area contributed by atoms with Crippen molar-refractivity contribution in [3.05, 3.63) is 80.8 Å². The number of hydrogen-bond donors (Lipinski definition) is 1. The average molecular weight is 532 g/mol. The summed E-state index contributed by atoms with van der Waals surface area (Å²) in [6.07, 6.45) is -0.0336. The number of nitrogens with one attached hydrogen (secondary N) is 1. The summed E-state index contributed by atoms with van der Waals surface area (Å²) >= 11 is 1.18. The molecule has 0 fully saturated rings. The molecule has 0 bridgehead atoms. The van der Waals surface area contributed by atoms with Crippen LogP contribution < -0.4 is 5.32 Å². The van der Waals surface area contributed by atoms with Crippen LogP contribution in [0.25, 0.3) is 22.2 Å². The number of nitro benzene ring substituents is 1. The van der Waals surface area contributed by atoms with E-state index in [0.29, 0.717) is 33.9 Å². The van der Waals surface area contributed by atoms with E-state index in [1.165, 1.54) is 23.5 Å². The number of fused-ring (bicyclic) bond motifs is 2. The number of benzene rings is 2. The number of carbonyl (C=O) groups excluding carboxylic acids is 2. The minimum Gasteiger partial charge on any atom is -0.449 e. The third-order valence-electron chi connectivity index (χ3n) is 6.44. The van der Waals surface area contributed by atoms with E-state index in [9.17, 15) is 19.7 Å². The van der Waals surface area contributed by atoms with Crippen LogP contribution in [0.1, 0.15) is 35.0 Å². The number of carbonyl (C=O) groups is 2. The van der Waals surface area contributed by atoms with Gasteiger partial charge in [-0.25, -0.2) is 9.78 Å². The van der Waals surface area contributed by atoms with E-state index in [2.05, 4.69) is 15.2 Å². The van der Waals surface area contributed by atoms with Gasteiger partial charge >= 0.3 is 5.97 Å². The second-order valence-corrected chi connectivity index (χ2v) is 9.91. The van der Waals surface area contributed by atoms with Gasteiger partial charge in [0.25, 0.3) is 11.6 Å². The Labute approximate surface area is 222 Å². The van der Waals surface area contributed by atoms with Crippen molar-refractivity contribution in [3.63, 3.8) is 0 Å². The summed E-state index contributed by atoms with van der Waals surface area (Å²) in [6.45, 7) is 3.18. The highest BCUT2D eigenvalue weighted by Crippen LogP contribution is 2.30. The van der Waals surface area contributed by atoms with Gasteiger partial charge in [-0.1, -0.05) is 37.3 Å². The molecule has 194 valence electrons. The number of nitro groups is 1. The van der Waals surface area contributed by atoms with Crippen molar-refractivity contribution in [3.8, 4) is 11.3 Å². The third-order valence-corrected chi connectivity index (χ3v) is 7.20. The van der Waals surface area contributed by atoms with Gasteiger partial charge in [-0.15, -0.1) is 11.3 Å². The van der Waals surface area contributed by atoms with Gasteiger partial charge in [0.15, 0.2) is 11.2 Å². The molecule has 1 aliphatic rings. The first-order chi connectivity index (χ1) is 18.3. The Morgan fingerprint density at radius 1 is 1.21 bits per heavy atom. The Hall–Kier alpha value is -4.22. The second kappa shape index (κ2) is 10.6. The normalized spacial score (nSPS) is 14.1. The second-order valence-electron chi connectivity index (χ2n) is 9.05. The maximum absolute atomic E-state index is 13.5. The fraction of sp³-hybridized carbons (Fsp3) is 0.259. The van der Waals surface area contributed by atoms with Crippen molar-refractivity contribution in [2.24, 2.45) is 0 Å². The van der Waals surface area contributed by atoms with E-state index in [1.54, 1.807) is 24.4 Å². The van der Waals surface area contributed by atoms with E-state index < -0.39 is 22.9 Å². The molecule has 1 atom stereocenters. The topological polar surface area (TPSA) is 128 Å². The first-order valence-electron chi connectivity index (χ1n) is 12.1. The lowest BCUT2D eigenvalue weighted by Gasteiger charge is -2.27. The molecule has 4 aromatic rings. The molecule has 0 saturated carbocycles. The number of ether oxygens (including phenoxy) is 1. The Kier molecular flexibility index (Phi) is 7.12. The number of likely N-dealkylation sites (N-methyl/N-ethyl adjacent to an activating group) is 1. The molecule has 0 saturated heterocycles. The lowest BCUT2D eigenvalue weighted by atomic mass is 9.96. The van der Waals surface area contributed by atoms with Gasteiger partial charge in [0.1, 0.15) is 0 Å². The lowest BCUT2D eigenvalue weighted by Crippen LogP contribution is -2.34. The summed E-state index contributed by atoms with van der Waals surface area (Å²) in [5.74, 6) is -1.06. The van der Waals surface area contributed by atoms with Crippen LogP contribution in [0.15, 0.2) is 53.9 Å². The third kappa shape index (κ3) is 5.11. The minimum atomic E-state index is -1.03. The number of nitrogens with zero attached hydrogens (tertiary/aromatic N) is 4. The Bertz CT molecular complexity index is 1550. The Morgan fingerprint density at radius 3 is 2.82 bits per heavy atom. The molecular weight excluding hydrogens is 506 g/mol. The van der Waals surface area contributed by atoms with Gasteiger partial charge in [0.2, 0.25) is 0 Å². The molecule has 5 rings (SSSR count). The smallest absolute Gasteiger partial charge is 0.340 e. The van der Waals surface area contributed by atoms with E-state index >= 15 is 0 Å². The number of para-hydroxylation sites is 1. The summed E-state index contributed by atoms with van der Waals surface area (Å²) in [5, 5.41) is 16.5. The van der Waals surface area contributed by atoms with E-state index in [1.807, 2.05) is 31.3 Å². The number of thiazole rings is 1. The minimum absolute atomic E-state index is 0.0453. The van der Waals surface area contributed by atoms with Crippen LogP contribution in [0.4, 0.5) is 10.8 Å². The zero-order chi connectivity index (χ0) is 26.8. The van der Waals surface area contributed by atoms with Crippen molar-refractivity contribution in [2.75, 3.05) is 18.9 Å². The first-order valence-corrected chi connectivity index (χ1v) is 13.0. The van der Waals surface area contributed by atoms with Crippen molar-refractivity contribution >= 4 is 44.9 Å². The number of aromatic nitrogens is 2. The highest BCUT2D eigenvalue weighted by molar-refractivity contribution is 7.14. The van der Waals surface area contributed by atoms with E-state index in [4.69, 9.17) is 9.72 Å². The maximum Gasteiger partial charge on any atom is 0.340 e. The number of anilines is 1. The molecule has 10 nitrogen and oxygen atoms in total. The standard InChI is InChI=1S/C27H25N5O5S/c1-3-23(25(33)30-27-29-22(15-38-27)16-7-6-8-17(13-16)32(35)36)37-26(34)24-18-9-4-5-10-20(18)28-21-11-12-31(2)14-19(21)24/h4-10,13,15,23H,3,11-12,14H2,1-2H3,(H,29,30,33). The SMILES string of the molecule is CCC(OC(=O)c1c2c(nc3ccccc13)CCN(C)C2)C(=O)Nc1nc(-c2cccc([N+](=O)[O-])c2)cs1. The van der Waals surface area contributed by atoms with E-state index in [0.717, 1.165) is 29.7 Å². The quantitative estimate of drug-likeness (QED) is 0.204. The predicted molar refractivity (Wildman–Crippen MR) is 144 cm³/mol. The summed E-state index contributed by atoms with van der Waals surface area (Å²) in [7, 11) is 1.99. The Morgan fingerprint density at radius 2 is 2.03 bits per heavy atom. The molecule has 2 aromatic carbocycles. The van der Waals surface area contributed by atoms with Crippen molar-refractivity contribution < 1.29 is 19.2 Å². The summed E-state index contributed by atoms with van der Waals surface area (Å²) < 4.78 is 5.77. The number of hydrogen-bond acceptors (Lipinski definition) is 9. The Balaban J connectivity index is 1.36. The molecule has 11 heteroatoms. The molecule has 2 aromatic heterocycles. The first kappa shape index (κ1) is 25.4. The van der Waals surface area contributed by atoms with Crippen LogP contribution >= 0.6 is 11.3 Å². The van der Waals surface area contributed by atoms with Crippen LogP contribution in [0.3, 0.4) is 0 Å². The number of non-ortho nitro benzene ring substituents is 1. The van der Waals surface area contributed by atoms with Crippen molar-refractivity contribution in [1.82, 2.24) is 14.9 Å². The fourth-order valence-corrected chi connectivity index (χ4v) is 5.22. The van der Waals surface area contributed by atoms with Crippen LogP contribution in [0.2, 0.25) is 0 Å². The lowest BCUT2D eigenvalue weighted by molar-refractivity contribution is -0.384. The van der Waals surface area contributed by atoms with Gasteiger partial charge in [0.05, 0.1) is 21.7 Å². The van der Waals surface area contributed by atoms with Gasteiger partial charge in [-0.2, -0.15) is 0 Å². The van der Waals surface area contributed by atoms with Gasteiger partial charge in [0, 0.05) is 59.2 Å². The highest BCUT2D eigenvalue weighted by atomic mass is 32.1. The molecule has 0 aliphatic carbocycles. The molecule has 1 N–H and O–H groups in total. The van der Waals surface area contributed by atoms with Gasteiger partial charge in [-0.3, -0.25) is 25.2 Å². The van der Waals surface area contributed by atoms with Crippen molar-refractivity contribution in [2.45, 2.75) is 32.4 Å². The molecular formula is C27H25N5O5S. The number of esters is 1. The largest absolute Gasteiger partial charge is 0.449 e. The van der Waals surface area contributed by atoms with Gasteiger partial charge < -0.3 is 9.64 Å². The molecule has 0 radical (unpaired) electrons. The van der Waals surface area contributed by atoms with Crippen LogP contribution in [0.5, 0.6) is 0 Å². The number of amides is 1. The molecule has 1 aliphatic heterocycles. The zero-order valence-electron chi connectivity index (χ0n) is 20.8. The van der Waals surface area contributed by atoms with Crippen LogP contribution in [0, 0.1) is 10.1 Å². The average Bonchev–Trinajstić information content (AvgIpc) is 3.38. The van der Waals surface area contributed by atoms with E-state index in [-0.39, 0.29) is 12.1 Å². The maximum atomic E-state index is 13.5. The van der Waals surface area contributed by atoms with Crippen LogP contribution in [-0.4, -0.2) is 51.4 Å². The predicted octanol–water partition coefficient (Wildman–Crippen LogP) is 4.83. The number of pyridine rings is 1. The summed E-state index contributed by atoms with van der Waals surface area (Å²) in [5.41, 5.74) is 3.90. The molecule has 38 heavy (non-hydrogen) atoms. The molecule has 1 unspecified atom stereocenters. The summed E-state index contributed by atoms with van der Waals surface area (Å²) in [4.78, 5) is 48.5. The summed E-state index contributed by atoms with van der Waals surface area (Å²) in [6, 6.07) is 13.6. The molecule has 3 heterocycles. The molecule has 1 amide bonds. The van der Waals surface area contributed by atoms with Gasteiger partial charge in [-0.05, 0) is 19.5 Å². The zero-order valence-corrected chi connectivity index (χ0v) is 21.7. The fourth-order valence-electron chi connectivity index (χ4n) is 4.50. The number of rotatable bonds is 7.